The highest BCUT2D eigenvalue weighted by atomic mass is 16.2. The van der Waals surface area contributed by atoms with Gasteiger partial charge in [0.25, 0.3) is 0 Å². The van der Waals surface area contributed by atoms with Gasteiger partial charge in [-0.15, -0.1) is 0 Å². The molecule has 2 fully saturated rings. The minimum atomic E-state index is 0.297. The Morgan fingerprint density at radius 1 is 1.35 bits per heavy atom. The maximum atomic E-state index is 11.9. The Labute approximate surface area is 105 Å². The van der Waals surface area contributed by atoms with Crippen LogP contribution in [0.4, 0.5) is 0 Å². The second-order valence-electron chi connectivity index (χ2n) is 6.30. The Bertz CT molecular complexity index is 269. The van der Waals surface area contributed by atoms with Gasteiger partial charge >= 0.3 is 0 Å². The molecular weight excluding hydrogens is 212 g/mol. The smallest absolute Gasteiger partial charge is 0.236 e. The molecule has 0 atom stereocenters. The molecule has 1 saturated heterocycles. The van der Waals surface area contributed by atoms with E-state index < -0.39 is 0 Å². The Hall–Kier alpha value is -0.570. The molecule has 1 aliphatic carbocycles. The molecule has 1 heterocycles. The van der Waals surface area contributed by atoms with Gasteiger partial charge in [-0.25, -0.2) is 0 Å². The molecule has 98 valence electrons. The van der Waals surface area contributed by atoms with E-state index in [9.17, 15) is 4.79 Å². The monoisotopic (exact) mass is 238 g/mol. The zero-order valence-electron chi connectivity index (χ0n) is 11.3. The van der Waals surface area contributed by atoms with E-state index in [1.54, 1.807) is 0 Å². The first-order chi connectivity index (χ1) is 8.11. The number of rotatable bonds is 4. The van der Waals surface area contributed by atoms with Gasteiger partial charge in [0, 0.05) is 19.6 Å². The van der Waals surface area contributed by atoms with E-state index in [-0.39, 0.29) is 0 Å². The molecule has 0 unspecified atom stereocenters. The van der Waals surface area contributed by atoms with Gasteiger partial charge in [0.05, 0.1) is 6.54 Å². The largest absolute Gasteiger partial charge is 0.340 e. The first-order valence-corrected chi connectivity index (χ1v) is 7.10. The quantitative estimate of drug-likeness (QED) is 0.812. The van der Waals surface area contributed by atoms with E-state index in [2.05, 4.69) is 24.1 Å². The summed E-state index contributed by atoms with van der Waals surface area (Å²) in [5, 5.41) is 3.15. The molecular formula is C14H26N2O. The topological polar surface area (TPSA) is 32.3 Å². The number of carbonyl (C=O) groups is 1. The number of hydrogen-bond donors (Lipinski definition) is 1. The third-order valence-corrected chi connectivity index (χ3v) is 4.22. The van der Waals surface area contributed by atoms with Crippen molar-refractivity contribution in [3.05, 3.63) is 0 Å². The van der Waals surface area contributed by atoms with Crippen molar-refractivity contribution >= 4 is 5.91 Å². The van der Waals surface area contributed by atoms with Gasteiger partial charge in [-0.2, -0.15) is 0 Å². The molecule has 0 bridgehead atoms. The molecule has 1 amide bonds. The lowest BCUT2D eigenvalue weighted by molar-refractivity contribution is -0.133. The third-order valence-electron chi connectivity index (χ3n) is 4.22. The molecule has 0 aromatic rings. The molecule has 1 aliphatic heterocycles. The van der Waals surface area contributed by atoms with Crippen LogP contribution in [0.15, 0.2) is 0 Å². The van der Waals surface area contributed by atoms with Crippen LogP contribution < -0.4 is 5.32 Å². The van der Waals surface area contributed by atoms with Gasteiger partial charge in [-0.1, -0.05) is 26.7 Å². The van der Waals surface area contributed by atoms with Gasteiger partial charge in [-0.05, 0) is 30.6 Å². The number of piperazine rings is 1. The lowest BCUT2D eigenvalue weighted by Crippen LogP contribution is -2.51. The minimum Gasteiger partial charge on any atom is -0.340 e. The Morgan fingerprint density at radius 3 is 2.65 bits per heavy atom. The lowest BCUT2D eigenvalue weighted by Gasteiger charge is -2.38. The summed E-state index contributed by atoms with van der Waals surface area (Å²) in [5.41, 5.74) is 0.432. The van der Waals surface area contributed by atoms with E-state index in [1.165, 1.54) is 32.1 Å². The van der Waals surface area contributed by atoms with Crippen molar-refractivity contribution in [2.75, 3.05) is 26.2 Å². The summed E-state index contributed by atoms with van der Waals surface area (Å²) in [6, 6.07) is 0. The fraction of sp³-hybridized carbons (Fsp3) is 0.929. The fourth-order valence-corrected chi connectivity index (χ4v) is 3.64. The predicted octanol–water partition coefficient (Wildman–Crippen LogP) is 2.02. The number of nitrogens with zero attached hydrogens (tertiary/aromatic N) is 1. The van der Waals surface area contributed by atoms with Crippen LogP contribution in [0.2, 0.25) is 0 Å². The molecule has 3 nitrogen and oxygen atoms in total. The highest BCUT2D eigenvalue weighted by Crippen LogP contribution is 2.43. The number of nitrogens with one attached hydrogen (secondary N) is 1. The first-order valence-electron chi connectivity index (χ1n) is 7.10. The second-order valence-corrected chi connectivity index (χ2v) is 6.30. The van der Waals surface area contributed by atoms with E-state index >= 15 is 0 Å². The summed E-state index contributed by atoms with van der Waals surface area (Å²) in [5.74, 6) is 1.04. The summed E-state index contributed by atoms with van der Waals surface area (Å²) < 4.78 is 0. The Morgan fingerprint density at radius 2 is 2.06 bits per heavy atom. The van der Waals surface area contributed by atoms with Crippen molar-refractivity contribution in [2.45, 2.75) is 46.0 Å². The van der Waals surface area contributed by atoms with Crippen LogP contribution >= 0.6 is 0 Å². The van der Waals surface area contributed by atoms with E-state index in [4.69, 9.17) is 0 Å². The van der Waals surface area contributed by atoms with Crippen molar-refractivity contribution in [2.24, 2.45) is 11.3 Å². The average molecular weight is 238 g/mol. The Balaban J connectivity index is 1.99. The van der Waals surface area contributed by atoms with Crippen molar-refractivity contribution in [1.82, 2.24) is 10.2 Å². The van der Waals surface area contributed by atoms with Crippen molar-refractivity contribution in [3.8, 4) is 0 Å². The second kappa shape index (κ2) is 5.38. The average Bonchev–Trinajstić information content (AvgIpc) is 2.69. The summed E-state index contributed by atoms with van der Waals surface area (Å²) >= 11 is 0. The van der Waals surface area contributed by atoms with Gasteiger partial charge in [0.15, 0.2) is 0 Å². The summed E-state index contributed by atoms with van der Waals surface area (Å²) in [6.07, 6.45) is 6.63. The van der Waals surface area contributed by atoms with Crippen LogP contribution in [0.5, 0.6) is 0 Å². The predicted molar refractivity (Wildman–Crippen MR) is 69.8 cm³/mol. The SMILES string of the molecule is CC(C)CC1(CN2CCNCC2=O)CCCC1. The van der Waals surface area contributed by atoms with Crippen LogP contribution in [-0.4, -0.2) is 37.0 Å². The molecule has 1 N–H and O–H groups in total. The van der Waals surface area contributed by atoms with Crippen molar-refractivity contribution in [1.29, 1.82) is 0 Å². The molecule has 0 aromatic carbocycles. The lowest BCUT2D eigenvalue weighted by atomic mass is 9.78. The highest BCUT2D eigenvalue weighted by molar-refractivity contribution is 5.79. The van der Waals surface area contributed by atoms with Gasteiger partial charge in [-0.3, -0.25) is 4.79 Å². The van der Waals surface area contributed by atoms with E-state index in [0.29, 0.717) is 17.9 Å². The normalized spacial score (nSPS) is 24.6. The van der Waals surface area contributed by atoms with Crippen LogP contribution in [-0.2, 0) is 4.79 Å². The minimum absolute atomic E-state index is 0.297. The zero-order valence-corrected chi connectivity index (χ0v) is 11.3. The standard InChI is InChI=1S/C14H26N2O/c1-12(2)9-14(5-3-4-6-14)11-16-8-7-15-10-13(16)17/h12,15H,3-11H2,1-2H3. The number of hydrogen-bond acceptors (Lipinski definition) is 2. The van der Waals surface area contributed by atoms with E-state index in [0.717, 1.165) is 25.6 Å². The third kappa shape index (κ3) is 3.21. The molecule has 2 rings (SSSR count). The molecule has 0 aromatic heterocycles. The molecule has 1 saturated carbocycles. The number of carbonyl (C=O) groups excluding carboxylic acids is 1. The molecule has 0 radical (unpaired) electrons. The summed E-state index contributed by atoms with van der Waals surface area (Å²) in [4.78, 5) is 14.0. The van der Waals surface area contributed by atoms with Gasteiger partial charge in [0.2, 0.25) is 5.91 Å². The summed E-state index contributed by atoms with van der Waals surface area (Å²) in [6.45, 7) is 8.02. The maximum absolute atomic E-state index is 11.9. The molecule has 2 aliphatic rings. The maximum Gasteiger partial charge on any atom is 0.236 e. The van der Waals surface area contributed by atoms with Crippen LogP contribution in [0, 0.1) is 11.3 Å². The molecule has 0 spiro atoms. The van der Waals surface area contributed by atoms with Crippen LogP contribution in [0.1, 0.15) is 46.0 Å². The van der Waals surface area contributed by atoms with Crippen LogP contribution in [0.25, 0.3) is 0 Å². The summed E-state index contributed by atoms with van der Waals surface area (Å²) in [7, 11) is 0. The Kier molecular flexibility index (Phi) is 4.08. The first kappa shape index (κ1) is 12.9. The van der Waals surface area contributed by atoms with Crippen molar-refractivity contribution in [3.63, 3.8) is 0 Å². The molecule has 3 heteroatoms. The fourth-order valence-electron chi connectivity index (χ4n) is 3.64. The highest BCUT2D eigenvalue weighted by Gasteiger charge is 2.37. The van der Waals surface area contributed by atoms with Gasteiger partial charge < -0.3 is 10.2 Å². The van der Waals surface area contributed by atoms with Gasteiger partial charge in [0.1, 0.15) is 0 Å². The zero-order chi connectivity index (χ0) is 12.3. The number of amides is 1. The van der Waals surface area contributed by atoms with E-state index in [1.807, 2.05) is 0 Å². The molecule has 17 heavy (non-hydrogen) atoms. The van der Waals surface area contributed by atoms with Crippen LogP contribution in [0.3, 0.4) is 0 Å². The van der Waals surface area contributed by atoms with Crippen molar-refractivity contribution < 1.29 is 4.79 Å².